The molecule has 8 heteroatoms. The molecule has 3 aromatic rings. The van der Waals surface area contributed by atoms with Gasteiger partial charge < -0.3 is 10.1 Å². The molecule has 1 N–H and O–H groups in total. The summed E-state index contributed by atoms with van der Waals surface area (Å²) in [5, 5.41) is 11.1. The first-order valence-electron chi connectivity index (χ1n) is 9.32. The average molecular weight is 394 g/mol. The Morgan fingerprint density at radius 1 is 1.10 bits per heavy atom. The van der Waals surface area contributed by atoms with Crippen molar-refractivity contribution in [2.45, 2.75) is 31.8 Å². The van der Waals surface area contributed by atoms with Crippen LogP contribution in [-0.4, -0.2) is 40.0 Å². The van der Waals surface area contributed by atoms with E-state index in [-0.39, 0.29) is 24.4 Å². The van der Waals surface area contributed by atoms with Gasteiger partial charge in [-0.2, -0.15) is 0 Å². The van der Waals surface area contributed by atoms with Crippen molar-refractivity contribution in [3.8, 4) is 0 Å². The van der Waals surface area contributed by atoms with E-state index in [0.717, 1.165) is 5.56 Å². The van der Waals surface area contributed by atoms with Crippen LogP contribution in [0.5, 0.6) is 0 Å². The zero-order valence-corrected chi connectivity index (χ0v) is 16.1. The van der Waals surface area contributed by atoms with Crippen molar-refractivity contribution in [2.24, 2.45) is 0 Å². The number of esters is 1. The minimum absolute atomic E-state index is 0.142. The second-order valence-corrected chi connectivity index (χ2v) is 6.57. The number of rotatable bonds is 8. The number of carbonyl (C=O) groups is 2. The number of amides is 1. The Morgan fingerprint density at radius 3 is 2.59 bits per heavy atom. The Bertz CT molecular complexity index is 1050. The Labute approximate surface area is 167 Å². The lowest BCUT2D eigenvalue weighted by molar-refractivity contribution is -0.145. The molecule has 0 fully saturated rings. The number of ether oxygens (including phenoxy) is 1. The Kier molecular flexibility index (Phi) is 6.67. The maximum absolute atomic E-state index is 12.4. The second-order valence-electron chi connectivity index (χ2n) is 6.57. The van der Waals surface area contributed by atoms with Gasteiger partial charge in [0.2, 0.25) is 5.91 Å². The predicted octanol–water partition coefficient (Wildman–Crippen LogP) is 1.47. The minimum atomic E-state index is -0.766. The number of carbonyl (C=O) groups excluding carboxylic acids is 2. The highest BCUT2D eigenvalue weighted by Crippen LogP contribution is 2.06. The van der Waals surface area contributed by atoms with Crippen molar-refractivity contribution >= 4 is 22.8 Å². The highest BCUT2D eigenvalue weighted by molar-refractivity contribution is 5.84. The maximum Gasteiger partial charge on any atom is 0.328 e. The normalized spacial score (nSPS) is 11.8. The fourth-order valence-corrected chi connectivity index (χ4v) is 3.01. The molecule has 0 saturated heterocycles. The molecule has 0 aliphatic rings. The van der Waals surface area contributed by atoms with E-state index in [2.05, 4.69) is 15.6 Å². The number of benzene rings is 2. The molecule has 29 heavy (non-hydrogen) atoms. The van der Waals surface area contributed by atoms with Gasteiger partial charge in [-0.3, -0.25) is 9.59 Å². The van der Waals surface area contributed by atoms with Gasteiger partial charge in [0, 0.05) is 19.4 Å². The Hall–Kier alpha value is -3.55. The molecule has 0 saturated carbocycles. The molecule has 150 valence electrons. The van der Waals surface area contributed by atoms with Gasteiger partial charge in [-0.1, -0.05) is 47.7 Å². The molecule has 0 bridgehead atoms. The minimum Gasteiger partial charge on any atom is -0.467 e. The summed E-state index contributed by atoms with van der Waals surface area (Å²) < 4.78 is 6.05. The van der Waals surface area contributed by atoms with Gasteiger partial charge in [-0.05, 0) is 24.1 Å². The number of methoxy groups -OCH3 is 1. The van der Waals surface area contributed by atoms with Crippen molar-refractivity contribution in [1.29, 1.82) is 0 Å². The summed E-state index contributed by atoms with van der Waals surface area (Å²) >= 11 is 0. The van der Waals surface area contributed by atoms with Crippen LogP contribution >= 0.6 is 0 Å². The Morgan fingerprint density at radius 2 is 1.83 bits per heavy atom. The van der Waals surface area contributed by atoms with Crippen LogP contribution in [0.1, 0.15) is 18.4 Å². The van der Waals surface area contributed by atoms with Gasteiger partial charge >= 0.3 is 5.97 Å². The zero-order valence-electron chi connectivity index (χ0n) is 16.1. The Balaban J connectivity index is 1.57. The first-order valence-corrected chi connectivity index (χ1v) is 9.32. The van der Waals surface area contributed by atoms with Gasteiger partial charge in [0.05, 0.1) is 12.5 Å². The van der Waals surface area contributed by atoms with Crippen molar-refractivity contribution in [3.05, 3.63) is 70.5 Å². The number of nitrogens with one attached hydrogen (secondary N) is 1. The standard InChI is InChI=1S/C21H22N4O4/c1-29-21(28)18(14-15-8-3-2-4-9-15)22-19(26)12-7-13-25-20(27)16-10-5-6-11-17(16)23-24-25/h2-6,8-11,18H,7,12-14H2,1H3,(H,22,26)/t18-/m1/s1. The van der Waals surface area contributed by atoms with E-state index in [9.17, 15) is 14.4 Å². The molecule has 0 aliphatic heterocycles. The van der Waals surface area contributed by atoms with Crippen LogP contribution in [0.4, 0.5) is 0 Å². The summed E-state index contributed by atoms with van der Waals surface area (Å²) in [6, 6.07) is 15.6. The van der Waals surface area contributed by atoms with Crippen molar-refractivity contribution in [1.82, 2.24) is 20.3 Å². The van der Waals surface area contributed by atoms with E-state index in [1.165, 1.54) is 11.8 Å². The van der Waals surface area contributed by atoms with Gasteiger partial charge in [0.1, 0.15) is 11.6 Å². The fraction of sp³-hybridized carbons (Fsp3) is 0.286. The summed E-state index contributed by atoms with van der Waals surface area (Å²) in [4.78, 5) is 36.7. The molecule has 1 aromatic heterocycles. The average Bonchev–Trinajstić information content (AvgIpc) is 2.75. The van der Waals surface area contributed by atoms with E-state index < -0.39 is 12.0 Å². The molecule has 1 heterocycles. The van der Waals surface area contributed by atoms with Gasteiger partial charge in [-0.15, -0.1) is 5.10 Å². The molecular formula is C21H22N4O4. The van der Waals surface area contributed by atoms with Crippen LogP contribution in [0, 0.1) is 0 Å². The van der Waals surface area contributed by atoms with Crippen LogP contribution in [0.25, 0.3) is 10.9 Å². The SMILES string of the molecule is COC(=O)[C@@H](Cc1ccccc1)NC(=O)CCCn1nnc2ccccc2c1=O. The lowest BCUT2D eigenvalue weighted by Crippen LogP contribution is -2.43. The molecule has 0 radical (unpaired) electrons. The van der Waals surface area contributed by atoms with E-state index in [4.69, 9.17) is 4.74 Å². The van der Waals surface area contributed by atoms with Crippen molar-refractivity contribution < 1.29 is 14.3 Å². The van der Waals surface area contributed by atoms with E-state index in [0.29, 0.717) is 23.7 Å². The molecule has 0 spiro atoms. The monoisotopic (exact) mass is 394 g/mol. The smallest absolute Gasteiger partial charge is 0.328 e. The predicted molar refractivity (Wildman–Crippen MR) is 107 cm³/mol. The molecule has 1 atom stereocenters. The van der Waals surface area contributed by atoms with Crippen molar-refractivity contribution in [3.63, 3.8) is 0 Å². The highest BCUT2D eigenvalue weighted by atomic mass is 16.5. The first-order chi connectivity index (χ1) is 14.1. The third kappa shape index (κ3) is 5.25. The molecule has 0 aliphatic carbocycles. The van der Waals surface area contributed by atoms with Gasteiger partial charge in [-0.25, -0.2) is 9.48 Å². The van der Waals surface area contributed by atoms with Crippen molar-refractivity contribution in [2.75, 3.05) is 7.11 Å². The number of hydrogen-bond donors (Lipinski definition) is 1. The lowest BCUT2D eigenvalue weighted by Gasteiger charge is -2.16. The molecule has 8 nitrogen and oxygen atoms in total. The van der Waals surface area contributed by atoms with Gasteiger partial charge in [0.15, 0.2) is 0 Å². The van der Waals surface area contributed by atoms with E-state index >= 15 is 0 Å². The molecule has 2 aromatic carbocycles. The number of aryl methyl sites for hydroxylation is 1. The van der Waals surface area contributed by atoms with Crippen LogP contribution in [0.15, 0.2) is 59.4 Å². The topological polar surface area (TPSA) is 103 Å². The highest BCUT2D eigenvalue weighted by Gasteiger charge is 2.21. The largest absolute Gasteiger partial charge is 0.467 e. The number of nitrogens with zero attached hydrogens (tertiary/aromatic N) is 3. The zero-order chi connectivity index (χ0) is 20.6. The third-order valence-corrected chi connectivity index (χ3v) is 4.51. The third-order valence-electron chi connectivity index (χ3n) is 4.51. The van der Waals surface area contributed by atoms with E-state index in [1.54, 1.807) is 24.3 Å². The molecule has 0 unspecified atom stereocenters. The second kappa shape index (κ2) is 9.59. The van der Waals surface area contributed by atoms with Gasteiger partial charge in [0.25, 0.3) is 5.56 Å². The number of hydrogen-bond acceptors (Lipinski definition) is 6. The summed E-state index contributed by atoms with van der Waals surface area (Å²) in [6.07, 6.45) is 0.871. The van der Waals surface area contributed by atoms with Crippen LogP contribution < -0.4 is 10.9 Å². The quantitative estimate of drug-likeness (QED) is 0.581. The van der Waals surface area contributed by atoms with Crippen LogP contribution in [0.2, 0.25) is 0 Å². The first kappa shape index (κ1) is 20.2. The summed E-state index contributed by atoms with van der Waals surface area (Å²) in [7, 11) is 1.29. The fourth-order valence-electron chi connectivity index (χ4n) is 3.01. The molecular weight excluding hydrogens is 372 g/mol. The number of aromatic nitrogens is 3. The lowest BCUT2D eigenvalue weighted by atomic mass is 10.1. The van der Waals surface area contributed by atoms with Crippen LogP contribution in [0.3, 0.4) is 0 Å². The number of fused-ring (bicyclic) bond motifs is 1. The summed E-state index contributed by atoms with van der Waals surface area (Å²) in [5.74, 6) is -0.794. The summed E-state index contributed by atoms with van der Waals surface area (Å²) in [5.41, 5.74) is 1.21. The molecule has 1 amide bonds. The summed E-state index contributed by atoms with van der Waals surface area (Å²) in [6.45, 7) is 0.256. The maximum atomic E-state index is 12.4. The molecule has 3 rings (SSSR count). The van der Waals surface area contributed by atoms with Crippen LogP contribution in [-0.2, 0) is 27.3 Å². The van der Waals surface area contributed by atoms with E-state index in [1.807, 2.05) is 30.3 Å².